The molecule has 1 aliphatic carbocycles. The molecule has 3 unspecified atom stereocenters. The maximum absolute atomic E-state index is 11.6. The van der Waals surface area contributed by atoms with Crippen LogP contribution in [-0.4, -0.2) is 43.2 Å². The third-order valence-corrected chi connectivity index (χ3v) is 4.25. The van der Waals surface area contributed by atoms with E-state index in [9.17, 15) is 15.0 Å². The number of esters is 1. The lowest BCUT2D eigenvalue weighted by atomic mass is 9.78. The molecule has 1 aliphatic rings. The van der Waals surface area contributed by atoms with Crippen molar-refractivity contribution in [3.8, 4) is 0 Å². The van der Waals surface area contributed by atoms with Crippen molar-refractivity contribution in [2.75, 3.05) is 20.8 Å². The summed E-state index contributed by atoms with van der Waals surface area (Å²) < 4.78 is 9.73. The molecule has 0 aromatic heterocycles. The van der Waals surface area contributed by atoms with Crippen molar-refractivity contribution in [2.24, 2.45) is 11.1 Å². The van der Waals surface area contributed by atoms with Crippen LogP contribution in [0.25, 0.3) is 0 Å². The van der Waals surface area contributed by atoms with Gasteiger partial charge in [0.05, 0.1) is 24.2 Å². The molecule has 116 valence electrons. The van der Waals surface area contributed by atoms with E-state index in [1.165, 1.54) is 14.2 Å². The minimum atomic E-state index is -1.13. The number of carbonyl (C=O) groups is 1. The van der Waals surface area contributed by atoms with Gasteiger partial charge in [-0.05, 0) is 42.6 Å². The van der Waals surface area contributed by atoms with Gasteiger partial charge in [0.2, 0.25) is 0 Å². The van der Waals surface area contributed by atoms with Gasteiger partial charge in [-0.25, -0.2) is 4.79 Å². The van der Waals surface area contributed by atoms with Gasteiger partial charge in [0.15, 0.2) is 6.29 Å². The summed E-state index contributed by atoms with van der Waals surface area (Å²) in [6, 6.07) is 4.98. The van der Waals surface area contributed by atoms with E-state index in [0.717, 1.165) is 5.56 Å². The van der Waals surface area contributed by atoms with Gasteiger partial charge in [-0.2, -0.15) is 0 Å². The monoisotopic (exact) mass is 295 g/mol. The Bertz CT molecular complexity index is 533. The number of aliphatic hydroxyl groups is 2. The van der Waals surface area contributed by atoms with E-state index >= 15 is 0 Å². The van der Waals surface area contributed by atoms with E-state index in [2.05, 4.69) is 0 Å². The van der Waals surface area contributed by atoms with Crippen molar-refractivity contribution in [1.82, 2.24) is 0 Å². The third-order valence-electron chi connectivity index (χ3n) is 4.25. The van der Waals surface area contributed by atoms with Gasteiger partial charge in [0.25, 0.3) is 0 Å². The highest BCUT2D eigenvalue weighted by atomic mass is 16.6. The number of benzene rings is 1. The summed E-state index contributed by atoms with van der Waals surface area (Å²) in [7, 11) is 2.70. The van der Waals surface area contributed by atoms with Crippen LogP contribution >= 0.6 is 0 Å². The zero-order chi connectivity index (χ0) is 15.6. The summed E-state index contributed by atoms with van der Waals surface area (Å²) in [6.45, 7) is 0.315. The van der Waals surface area contributed by atoms with E-state index in [1.54, 1.807) is 18.2 Å². The smallest absolute Gasteiger partial charge is 0.337 e. The topological polar surface area (TPSA) is 102 Å². The molecule has 6 nitrogen and oxygen atoms in total. The number of methoxy groups -OCH3 is 2. The van der Waals surface area contributed by atoms with Crippen LogP contribution in [0, 0.1) is 5.41 Å². The average Bonchev–Trinajstić information content (AvgIpc) is 2.79. The fraction of sp³-hybridized carbons (Fsp3) is 0.533. The van der Waals surface area contributed by atoms with Crippen molar-refractivity contribution in [2.45, 2.75) is 25.2 Å². The van der Waals surface area contributed by atoms with Crippen LogP contribution in [0.1, 0.15) is 34.0 Å². The van der Waals surface area contributed by atoms with Crippen LogP contribution in [0.5, 0.6) is 0 Å². The molecule has 0 amide bonds. The molecule has 1 aromatic carbocycles. The first-order chi connectivity index (χ1) is 10.00. The maximum atomic E-state index is 11.6. The Kier molecular flexibility index (Phi) is 4.63. The van der Waals surface area contributed by atoms with Gasteiger partial charge in [-0.15, -0.1) is 0 Å². The second kappa shape index (κ2) is 6.11. The molecule has 0 bridgehead atoms. The number of hydrogen-bond acceptors (Lipinski definition) is 6. The van der Waals surface area contributed by atoms with E-state index in [-0.39, 0.29) is 0 Å². The standard InChI is InChI=1S/C15H21NO5/c1-20-13(18)9-3-4-11-10(7-9)8-15(5-6-16,12(11)17)14(19)21-2/h3-4,7,12,14,17,19H,5-6,8,16H2,1-2H3. The van der Waals surface area contributed by atoms with Gasteiger partial charge >= 0.3 is 5.97 Å². The van der Waals surface area contributed by atoms with Crippen LogP contribution < -0.4 is 5.73 Å². The van der Waals surface area contributed by atoms with E-state index in [0.29, 0.717) is 30.5 Å². The lowest BCUT2D eigenvalue weighted by Crippen LogP contribution is -2.42. The van der Waals surface area contributed by atoms with Gasteiger partial charge < -0.3 is 25.4 Å². The maximum Gasteiger partial charge on any atom is 0.337 e. The van der Waals surface area contributed by atoms with Crippen LogP contribution in [0.4, 0.5) is 0 Å². The number of carbonyl (C=O) groups excluding carboxylic acids is 1. The molecule has 4 N–H and O–H groups in total. The predicted molar refractivity (Wildman–Crippen MR) is 75.6 cm³/mol. The number of rotatable bonds is 5. The summed E-state index contributed by atoms with van der Waals surface area (Å²) in [5, 5.41) is 20.8. The molecule has 0 heterocycles. The molecular formula is C15H21NO5. The Balaban J connectivity index is 2.41. The molecule has 2 rings (SSSR count). The van der Waals surface area contributed by atoms with Crippen molar-refractivity contribution >= 4 is 5.97 Å². The van der Waals surface area contributed by atoms with Crippen molar-refractivity contribution < 1.29 is 24.5 Å². The lowest BCUT2D eigenvalue weighted by Gasteiger charge is -2.36. The van der Waals surface area contributed by atoms with Crippen molar-refractivity contribution in [1.29, 1.82) is 0 Å². The minimum absolute atomic E-state index is 0.315. The summed E-state index contributed by atoms with van der Waals surface area (Å²) in [5.41, 5.74) is 6.65. The quantitative estimate of drug-likeness (QED) is 0.535. The molecule has 6 heteroatoms. The zero-order valence-electron chi connectivity index (χ0n) is 12.2. The summed E-state index contributed by atoms with van der Waals surface area (Å²) in [5.74, 6) is -0.434. The van der Waals surface area contributed by atoms with Crippen LogP contribution in [0.3, 0.4) is 0 Å². The lowest BCUT2D eigenvalue weighted by molar-refractivity contribution is -0.192. The Morgan fingerprint density at radius 2 is 2.24 bits per heavy atom. The highest BCUT2D eigenvalue weighted by Gasteiger charge is 2.50. The van der Waals surface area contributed by atoms with E-state index < -0.39 is 23.8 Å². The molecule has 0 saturated carbocycles. The first kappa shape index (κ1) is 15.9. The van der Waals surface area contributed by atoms with Crippen LogP contribution in [0.15, 0.2) is 18.2 Å². The van der Waals surface area contributed by atoms with Gasteiger partial charge in [0.1, 0.15) is 0 Å². The summed E-state index contributed by atoms with van der Waals surface area (Å²) in [6.07, 6.45) is -1.23. The molecular weight excluding hydrogens is 274 g/mol. The normalized spacial score (nSPS) is 25.5. The minimum Gasteiger partial charge on any atom is -0.465 e. The molecule has 1 aromatic rings. The van der Waals surface area contributed by atoms with Crippen molar-refractivity contribution in [3.05, 3.63) is 34.9 Å². The number of ether oxygens (including phenoxy) is 2. The number of hydrogen-bond donors (Lipinski definition) is 3. The van der Waals surface area contributed by atoms with Gasteiger partial charge in [-0.1, -0.05) is 6.07 Å². The summed E-state index contributed by atoms with van der Waals surface area (Å²) >= 11 is 0. The molecule has 0 spiro atoms. The fourth-order valence-electron chi connectivity index (χ4n) is 3.11. The van der Waals surface area contributed by atoms with Crippen LogP contribution in [-0.2, 0) is 15.9 Å². The second-order valence-electron chi connectivity index (χ2n) is 5.34. The van der Waals surface area contributed by atoms with Crippen LogP contribution in [0.2, 0.25) is 0 Å². The Labute approximate surface area is 123 Å². The Morgan fingerprint density at radius 1 is 1.52 bits per heavy atom. The average molecular weight is 295 g/mol. The highest BCUT2D eigenvalue weighted by molar-refractivity contribution is 5.89. The first-order valence-electron chi connectivity index (χ1n) is 6.80. The van der Waals surface area contributed by atoms with Gasteiger partial charge in [-0.3, -0.25) is 0 Å². The zero-order valence-corrected chi connectivity index (χ0v) is 12.2. The number of aliphatic hydroxyl groups excluding tert-OH is 2. The first-order valence-corrected chi connectivity index (χ1v) is 6.80. The molecule has 3 atom stereocenters. The Hall–Kier alpha value is -1.47. The summed E-state index contributed by atoms with van der Waals surface area (Å²) in [4.78, 5) is 11.6. The second-order valence-corrected chi connectivity index (χ2v) is 5.34. The molecule has 0 aliphatic heterocycles. The van der Waals surface area contributed by atoms with Crippen molar-refractivity contribution in [3.63, 3.8) is 0 Å². The van der Waals surface area contributed by atoms with Gasteiger partial charge in [0, 0.05) is 7.11 Å². The SMILES string of the molecule is COC(=O)c1ccc2c(c1)CC(CCN)(C(O)OC)C2O. The predicted octanol–water partition coefficient (Wildman–Crippen LogP) is 0.363. The molecule has 21 heavy (non-hydrogen) atoms. The third kappa shape index (κ3) is 2.55. The largest absolute Gasteiger partial charge is 0.465 e. The molecule has 0 fully saturated rings. The fourth-order valence-corrected chi connectivity index (χ4v) is 3.11. The van der Waals surface area contributed by atoms with E-state index in [1.807, 2.05) is 0 Å². The molecule has 0 saturated heterocycles. The molecule has 0 radical (unpaired) electrons. The number of nitrogens with two attached hydrogens (primary N) is 1. The number of fused-ring (bicyclic) bond motifs is 1. The Morgan fingerprint density at radius 3 is 2.81 bits per heavy atom. The highest BCUT2D eigenvalue weighted by Crippen LogP contribution is 2.50. The van der Waals surface area contributed by atoms with E-state index in [4.69, 9.17) is 15.2 Å².